The first kappa shape index (κ1) is 40.0. The molecule has 0 spiro atoms. The van der Waals surface area contributed by atoms with Crippen LogP contribution in [0.25, 0.3) is 0 Å². The molecule has 0 aromatic rings. The van der Waals surface area contributed by atoms with E-state index in [9.17, 15) is 54.0 Å². The third-order valence-corrected chi connectivity index (χ3v) is 7.06. The molecule has 1 saturated heterocycles. The third kappa shape index (κ3) is 12.4. The van der Waals surface area contributed by atoms with Crippen molar-refractivity contribution in [1.29, 1.82) is 0 Å². The van der Waals surface area contributed by atoms with E-state index in [1.165, 1.54) is 0 Å². The average molecular weight is 702 g/mol. The molecule has 1 fully saturated rings. The number of rotatable bonds is 10. The van der Waals surface area contributed by atoms with Crippen molar-refractivity contribution in [3.05, 3.63) is 11.9 Å². The molecule has 2 unspecified atom stereocenters. The number of hydrogen-bond acceptors (Lipinski definition) is 16. The summed E-state index contributed by atoms with van der Waals surface area (Å²) in [5.41, 5.74) is 21.3. The van der Waals surface area contributed by atoms with Gasteiger partial charge in [0.25, 0.3) is 5.91 Å². The highest BCUT2D eigenvalue weighted by Crippen LogP contribution is 2.11. The molecule has 20 N–H and O–H groups in total. The molecule has 0 aromatic carbocycles. The highest BCUT2D eigenvalue weighted by Gasteiger charge is 2.37. The van der Waals surface area contributed by atoms with Crippen LogP contribution in [0.15, 0.2) is 16.9 Å². The van der Waals surface area contributed by atoms with Gasteiger partial charge in [0, 0.05) is 31.6 Å². The van der Waals surface area contributed by atoms with Crippen molar-refractivity contribution in [3.63, 3.8) is 0 Å². The van der Waals surface area contributed by atoms with Crippen LogP contribution in [-0.2, 0) is 28.8 Å². The molecule has 2 heterocycles. The number of nitrogens with one attached hydrogen (secondary N) is 8. The maximum absolute atomic E-state index is 13.6. The van der Waals surface area contributed by atoms with Gasteiger partial charge in [-0.15, -0.1) is 0 Å². The van der Waals surface area contributed by atoms with E-state index in [4.69, 9.17) is 22.9 Å². The molecule has 2 aliphatic heterocycles. The molecular weight excluding hydrogens is 658 g/mol. The van der Waals surface area contributed by atoms with Crippen LogP contribution in [0.3, 0.4) is 0 Å². The minimum absolute atomic E-state index is 0.0658. The number of aliphatic hydroxyl groups is 4. The molecule has 49 heavy (non-hydrogen) atoms. The van der Waals surface area contributed by atoms with Crippen molar-refractivity contribution in [2.75, 3.05) is 26.3 Å². The van der Waals surface area contributed by atoms with Gasteiger partial charge in [-0.1, -0.05) is 0 Å². The summed E-state index contributed by atoms with van der Waals surface area (Å²) in [6.07, 6.45) is -2.69. The zero-order valence-electron chi connectivity index (χ0n) is 26.0. The van der Waals surface area contributed by atoms with Crippen LogP contribution in [0.5, 0.6) is 0 Å². The quantitative estimate of drug-likeness (QED) is 0.0940. The Morgan fingerprint density at radius 1 is 0.980 bits per heavy atom. The minimum Gasteiger partial charge on any atom is -0.394 e. The maximum atomic E-state index is 13.6. The number of amides is 8. The van der Waals surface area contributed by atoms with E-state index in [1.54, 1.807) is 0 Å². The van der Waals surface area contributed by atoms with Gasteiger partial charge in [-0.3, -0.25) is 28.8 Å². The lowest BCUT2D eigenvalue weighted by Crippen LogP contribution is -2.65. The van der Waals surface area contributed by atoms with Gasteiger partial charge in [0.1, 0.15) is 29.9 Å². The van der Waals surface area contributed by atoms with Crippen molar-refractivity contribution in [3.8, 4) is 0 Å². The first-order chi connectivity index (χ1) is 23.1. The number of nitrogens with two attached hydrogens (primary N) is 4. The largest absolute Gasteiger partial charge is 0.394 e. The fourth-order valence-corrected chi connectivity index (χ4v) is 4.48. The molecule has 24 nitrogen and oxygen atoms in total. The number of urea groups is 1. The van der Waals surface area contributed by atoms with Gasteiger partial charge in [0.05, 0.1) is 25.4 Å². The van der Waals surface area contributed by atoms with Gasteiger partial charge in [-0.2, -0.15) is 0 Å². The van der Waals surface area contributed by atoms with E-state index in [2.05, 4.69) is 42.2 Å². The number of aliphatic hydroxyl groups excluding tert-OH is 4. The molecule has 0 radical (unpaired) electrons. The van der Waals surface area contributed by atoms with Crippen molar-refractivity contribution in [2.24, 2.45) is 27.9 Å². The molecule has 2 aliphatic rings. The van der Waals surface area contributed by atoms with Gasteiger partial charge in [-0.25, -0.2) is 9.79 Å². The number of hydrogen-bond donors (Lipinski definition) is 16. The Morgan fingerprint density at radius 2 is 1.61 bits per heavy atom. The predicted molar refractivity (Wildman–Crippen MR) is 165 cm³/mol. The Labute approximate surface area is 278 Å². The van der Waals surface area contributed by atoms with Gasteiger partial charge in [0.2, 0.25) is 29.5 Å². The molecule has 0 bridgehead atoms. The first-order valence-electron chi connectivity index (χ1n) is 14.8. The Bertz CT molecular complexity index is 1310. The number of primary amides is 1. The summed E-state index contributed by atoms with van der Waals surface area (Å²) in [6, 6.07) is -10.4. The molecule has 274 valence electrons. The molecule has 8 amide bonds. The average Bonchev–Trinajstić information content (AvgIpc) is 3.03. The van der Waals surface area contributed by atoms with Crippen molar-refractivity contribution in [1.82, 2.24) is 42.5 Å². The Balaban J connectivity index is 2.55. The number of carbonyl (C=O) groups is 7. The number of carbonyl (C=O) groups excluding carboxylic acids is 7. The molecular formula is C25H43N13O11. The number of nitrogens with zero attached hydrogens (tertiary/aromatic N) is 1. The van der Waals surface area contributed by atoms with Crippen molar-refractivity contribution >= 4 is 47.4 Å². The summed E-state index contributed by atoms with van der Waals surface area (Å²) >= 11 is 0. The highest BCUT2D eigenvalue weighted by atomic mass is 16.3. The minimum atomic E-state index is -1.81. The number of aliphatic imine (C=N–C) groups is 1. The maximum Gasteiger partial charge on any atom is 0.316 e. The molecule has 8 atom stereocenters. The summed E-state index contributed by atoms with van der Waals surface area (Å²) in [7, 11) is 0. The summed E-state index contributed by atoms with van der Waals surface area (Å²) in [5.74, 6) is -7.02. The van der Waals surface area contributed by atoms with E-state index in [1.807, 2.05) is 5.32 Å². The molecule has 2 rings (SSSR count). The molecule has 0 aromatic heterocycles. The van der Waals surface area contributed by atoms with Crippen LogP contribution in [0, 0.1) is 0 Å². The monoisotopic (exact) mass is 701 g/mol. The van der Waals surface area contributed by atoms with Crippen LogP contribution in [0.2, 0.25) is 0 Å². The van der Waals surface area contributed by atoms with Gasteiger partial charge in [0.15, 0.2) is 12.2 Å². The third-order valence-electron chi connectivity index (χ3n) is 7.06. The van der Waals surface area contributed by atoms with Crippen LogP contribution in [0.1, 0.15) is 19.3 Å². The van der Waals surface area contributed by atoms with E-state index >= 15 is 0 Å². The van der Waals surface area contributed by atoms with Gasteiger partial charge < -0.3 is 85.9 Å². The van der Waals surface area contributed by atoms with E-state index < -0.39 is 122 Å². The van der Waals surface area contributed by atoms with Crippen LogP contribution in [0.4, 0.5) is 4.79 Å². The van der Waals surface area contributed by atoms with Crippen LogP contribution >= 0.6 is 0 Å². The van der Waals surface area contributed by atoms with Crippen LogP contribution in [-0.4, -0.2) is 143 Å². The van der Waals surface area contributed by atoms with Crippen LogP contribution < -0.4 is 65.5 Å². The normalized spacial score (nSPS) is 27.9. The van der Waals surface area contributed by atoms with E-state index in [0.717, 1.165) is 0 Å². The molecule has 0 aliphatic carbocycles. The summed E-state index contributed by atoms with van der Waals surface area (Å²) in [5, 5.41) is 57.7. The Hall–Kier alpha value is -5.14. The highest BCUT2D eigenvalue weighted by molar-refractivity contribution is 6.02. The molecule has 0 saturated carbocycles. The van der Waals surface area contributed by atoms with E-state index in [0.29, 0.717) is 6.20 Å². The lowest BCUT2D eigenvalue weighted by Gasteiger charge is -2.33. The standard InChI is InChI=1S/C25H43N13O11/c26-2-1-15(41)9(27)3-16(42)32-11-5-30-23(48)18(10-4-17(43)37-24(28)36-10)38-20(45)12(6-31-25(29)49)33-21(46)13(7-39)35-22(47)14(8-40)34-19(11)44/h6,9-11,13-15,17-18,39-41,43H,1-5,7-8,26-27H2,(H,30,48)(H,32,42)(H,33,46)(H,34,44)(H,35,47)(H,38,45)(H3,28,36,37)(H3,29,31,49)/b12-6-/t9-,10+,11?,13?,14-,15-,17-,18-/m0/s1. The topological polar surface area (TPSA) is 413 Å². The Kier molecular flexibility index (Phi) is 15.5. The molecule has 24 heteroatoms. The zero-order valence-corrected chi connectivity index (χ0v) is 26.0. The fraction of sp³-hybridized carbons (Fsp3) is 0.600. The summed E-state index contributed by atoms with van der Waals surface area (Å²) in [6.45, 7) is -2.75. The second kappa shape index (κ2) is 19.0. The lowest BCUT2D eigenvalue weighted by atomic mass is 10.0. The Morgan fingerprint density at radius 3 is 2.20 bits per heavy atom. The smallest absolute Gasteiger partial charge is 0.316 e. The van der Waals surface area contributed by atoms with E-state index in [-0.39, 0.29) is 25.3 Å². The lowest BCUT2D eigenvalue weighted by molar-refractivity contribution is -0.135. The van der Waals surface area contributed by atoms with Crippen molar-refractivity contribution < 1.29 is 54.0 Å². The second-order valence-electron chi connectivity index (χ2n) is 10.9. The zero-order chi connectivity index (χ0) is 36.8. The second-order valence-corrected chi connectivity index (χ2v) is 10.9. The first-order valence-corrected chi connectivity index (χ1v) is 14.8. The van der Waals surface area contributed by atoms with Gasteiger partial charge >= 0.3 is 6.03 Å². The van der Waals surface area contributed by atoms with Crippen molar-refractivity contribution in [2.45, 2.75) is 67.8 Å². The predicted octanol–water partition coefficient (Wildman–Crippen LogP) is -9.91. The SMILES string of the molecule is NCC[C@H](O)[C@@H](N)CC(=O)NC1CNC(=O)[C@H]([C@H]2C[C@H](O)N=C(N)N2)NC(=O)/C(=C/NC(N)=O)NC(=O)C(CO)NC(=O)[C@H](CO)NC1=O. The fourth-order valence-electron chi connectivity index (χ4n) is 4.48. The summed E-state index contributed by atoms with van der Waals surface area (Å²) < 4.78 is 0. The number of guanidine groups is 1. The summed E-state index contributed by atoms with van der Waals surface area (Å²) in [4.78, 5) is 94.0. The van der Waals surface area contributed by atoms with Gasteiger partial charge in [-0.05, 0) is 13.0 Å².